The highest BCUT2D eigenvalue weighted by Gasteiger charge is 2.46. The fourth-order valence-electron chi connectivity index (χ4n) is 3.79. The molecule has 1 amide bonds. The number of amides is 1. The van der Waals surface area contributed by atoms with Crippen molar-refractivity contribution in [2.24, 2.45) is 0 Å². The zero-order valence-electron chi connectivity index (χ0n) is 17.1. The first-order valence-electron chi connectivity index (χ1n) is 9.67. The fourth-order valence-corrected chi connectivity index (χ4v) is 3.79. The van der Waals surface area contributed by atoms with Gasteiger partial charge in [0.25, 0.3) is 0 Å². The zero-order valence-corrected chi connectivity index (χ0v) is 17.1. The Balaban J connectivity index is 1.86. The van der Waals surface area contributed by atoms with E-state index in [0.717, 1.165) is 17.0 Å². The first-order chi connectivity index (χ1) is 14.6. The van der Waals surface area contributed by atoms with Crippen LogP contribution in [0.3, 0.4) is 0 Å². The Morgan fingerprint density at radius 2 is 1.74 bits per heavy atom. The van der Waals surface area contributed by atoms with E-state index in [9.17, 15) is 27.9 Å². The van der Waals surface area contributed by atoms with E-state index in [2.05, 4.69) is 10.3 Å². The Morgan fingerprint density at radius 3 is 2.23 bits per heavy atom. The van der Waals surface area contributed by atoms with Crippen LogP contribution in [0.15, 0.2) is 42.6 Å². The van der Waals surface area contributed by atoms with Crippen molar-refractivity contribution >= 4 is 17.7 Å². The Bertz CT molecular complexity index is 948. The van der Waals surface area contributed by atoms with Crippen LogP contribution in [0.5, 0.6) is 0 Å². The van der Waals surface area contributed by atoms with E-state index in [0.29, 0.717) is 29.9 Å². The predicted octanol–water partition coefficient (Wildman–Crippen LogP) is 3.46. The Morgan fingerprint density at radius 1 is 1.10 bits per heavy atom. The third-order valence-electron chi connectivity index (χ3n) is 5.53. The highest BCUT2D eigenvalue weighted by atomic mass is 19.4. The van der Waals surface area contributed by atoms with Gasteiger partial charge in [-0.1, -0.05) is 12.1 Å². The van der Waals surface area contributed by atoms with E-state index in [1.54, 1.807) is 25.4 Å². The molecule has 2 N–H and O–H groups in total. The summed E-state index contributed by atoms with van der Waals surface area (Å²) in [6.45, 7) is 2.11. The summed E-state index contributed by atoms with van der Waals surface area (Å²) in [4.78, 5) is 31.6. The highest BCUT2D eigenvalue weighted by molar-refractivity contribution is 5.90. The van der Waals surface area contributed by atoms with Crippen LogP contribution >= 0.6 is 0 Å². The van der Waals surface area contributed by atoms with Crippen molar-refractivity contribution in [2.45, 2.75) is 25.2 Å². The molecule has 0 spiro atoms. The summed E-state index contributed by atoms with van der Waals surface area (Å²) >= 11 is 0. The topological polar surface area (TPSA) is 85.8 Å². The van der Waals surface area contributed by atoms with Crippen LogP contribution in [0.2, 0.25) is 0 Å². The lowest BCUT2D eigenvalue weighted by atomic mass is 10.0. The van der Waals surface area contributed by atoms with Crippen LogP contribution < -0.4 is 10.2 Å². The number of aromatic nitrogens is 1. The van der Waals surface area contributed by atoms with Gasteiger partial charge in [-0.2, -0.15) is 13.2 Å². The number of hydrogen-bond acceptors (Lipinski definition) is 5. The first-order valence-corrected chi connectivity index (χ1v) is 9.67. The number of halogens is 3. The van der Waals surface area contributed by atoms with E-state index in [1.165, 1.54) is 19.1 Å². The molecule has 0 aliphatic carbocycles. The third kappa shape index (κ3) is 4.48. The van der Waals surface area contributed by atoms with Crippen LogP contribution in [0.4, 0.5) is 23.8 Å². The van der Waals surface area contributed by atoms with Crippen molar-refractivity contribution in [2.75, 3.05) is 31.6 Å². The molecule has 0 radical (unpaired) electrons. The summed E-state index contributed by atoms with van der Waals surface area (Å²) < 4.78 is 38.3. The molecule has 1 fully saturated rings. The minimum atomic E-state index is -4.40. The monoisotopic (exact) mass is 436 g/mol. The molecule has 2 aromatic rings. The molecule has 1 aliphatic heterocycles. The molecule has 2 heterocycles. The van der Waals surface area contributed by atoms with Gasteiger partial charge in [0.1, 0.15) is 5.82 Å². The molecular weight excluding hydrogens is 413 g/mol. The average Bonchev–Trinajstić information content (AvgIpc) is 2.94. The van der Waals surface area contributed by atoms with Crippen molar-refractivity contribution in [3.8, 4) is 11.1 Å². The minimum Gasteiger partial charge on any atom is -0.465 e. The van der Waals surface area contributed by atoms with Crippen molar-refractivity contribution in [1.29, 1.82) is 0 Å². The Kier molecular flexibility index (Phi) is 6.21. The summed E-state index contributed by atoms with van der Waals surface area (Å²) in [5, 5.41) is 12.5. The summed E-state index contributed by atoms with van der Waals surface area (Å²) in [6.07, 6.45) is -3.52. The molecule has 0 bridgehead atoms. The normalized spacial score (nSPS) is 19.8. The number of pyridine rings is 1. The number of likely N-dealkylation sites (N-methyl/N-ethyl adjacent to an activating group) is 1. The average molecular weight is 436 g/mol. The smallest absolute Gasteiger partial charge is 0.416 e. The second-order valence-electron chi connectivity index (χ2n) is 7.36. The number of carbonyl (C=O) groups excluding carboxylic acids is 1. The van der Waals surface area contributed by atoms with Gasteiger partial charge in [0, 0.05) is 24.8 Å². The maximum atomic E-state index is 12.8. The molecule has 1 aliphatic rings. The zero-order chi connectivity index (χ0) is 22.8. The summed E-state index contributed by atoms with van der Waals surface area (Å²) in [7, 11) is 1.54. The third-order valence-corrected chi connectivity index (χ3v) is 5.53. The van der Waals surface area contributed by atoms with Crippen molar-refractivity contribution in [3.05, 3.63) is 48.2 Å². The SMILES string of the molecule is CNC1(C(C)=O)CN(c2ccc(-c3ccc(C(F)(F)F)cc3)cn2)CCCN1C(=O)O. The standard InChI is InChI=1S/C21H23F3N4O3/c1-14(29)20(25-2)13-27(10-3-11-28(20)19(30)31)18-9-6-16(12-26-18)15-4-7-17(8-5-15)21(22,23)24/h4-9,12,25H,3,10-11,13H2,1-2H3,(H,30,31). The number of hydrogen-bond donors (Lipinski definition) is 2. The summed E-state index contributed by atoms with van der Waals surface area (Å²) in [6, 6.07) is 8.26. The van der Waals surface area contributed by atoms with E-state index >= 15 is 0 Å². The first kappa shape index (κ1) is 22.5. The number of carbonyl (C=O) groups is 2. The summed E-state index contributed by atoms with van der Waals surface area (Å²) in [5.74, 6) is 0.217. The van der Waals surface area contributed by atoms with Crippen LogP contribution in [-0.2, 0) is 11.0 Å². The molecule has 10 heteroatoms. The van der Waals surface area contributed by atoms with Gasteiger partial charge < -0.3 is 10.0 Å². The van der Waals surface area contributed by atoms with Crippen LogP contribution in [0.25, 0.3) is 11.1 Å². The van der Waals surface area contributed by atoms with E-state index in [4.69, 9.17) is 0 Å². The number of nitrogens with one attached hydrogen (secondary N) is 1. The second kappa shape index (κ2) is 8.54. The Labute approximate surface area is 177 Å². The molecule has 1 aromatic heterocycles. The van der Waals surface area contributed by atoms with Gasteiger partial charge in [-0.25, -0.2) is 9.78 Å². The maximum absolute atomic E-state index is 12.8. The van der Waals surface area contributed by atoms with Crippen LogP contribution in [0, 0.1) is 0 Å². The lowest BCUT2D eigenvalue weighted by Crippen LogP contribution is -2.67. The van der Waals surface area contributed by atoms with Gasteiger partial charge in [0.05, 0.1) is 12.1 Å². The molecule has 1 unspecified atom stereocenters. The molecule has 31 heavy (non-hydrogen) atoms. The minimum absolute atomic E-state index is 0.0811. The number of Topliss-reactive ketones (excluding diaryl/α,β-unsaturated/α-hetero) is 1. The van der Waals surface area contributed by atoms with Crippen LogP contribution in [-0.4, -0.2) is 59.2 Å². The molecular formula is C21H23F3N4O3. The second-order valence-corrected chi connectivity index (χ2v) is 7.36. The summed E-state index contributed by atoms with van der Waals surface area (Å²) in [5.41, 5.74) is -0.893. The van der Waals surface area contributed by atoms with E-state index in [1.807, 2.05) is 4.90 Å². The molecule has 3 rings (SSSR count). The molecule has 0 saturated carbocycles. The highest BCUT2D eigenvalue weighted by Crippen LogP contribution is 2.31. The predicted molar refractivity (Wildman–Crippen MR) is 109 cm³/mol. The number of carboxylic acid groups (broad SMARTS) is 1. The number of anilines is 1. The fraction of sp³-hybridized carbons (Fsp3) is 0.381. The van der Waals surface area contributed by atoms with Gasteiger partial charge in [-0.05, 0) is 50.2 Å². The van der Waals surface area contributed by atoms with Gasteiger partial charge >= 0.3 is 12.3 Å². The van der Waals surface area contributed by atoms with Gasteiger partial charge in [-0.3, -0.25) is 15.0 Å². The number of rotatable bonds is 4. The number of alkyl halides is 3. The van der Waals surface area contributed by atoms with Crippen molar-refractivity contribution < 1.29 is 27.9 Å². The molecule has 1 aromatic carbocycles. The van der Waals surface area contributed by atoms with Crippen LogP contribution in [0.1, 0.15) is 18.9 Å². The molecule has 7 nitrogen and oxygen atoms in total. The van der Waals surface area contributed by atoms with Gasteiger partial charge in [0.2, 0.25) is 0 Å². The van der Waals surface area contributed by atoms with Gasteiger partial charge in [-0.15, -0.1) is 0 Å². The maximum Gasteiger partial charge on any atom is 0.416 e. The van der Waals surface area contributed by atoms with Gasteiger partial charge in [0.15, 0.2) is 11.4 Å². The molecule has 166 valence electrons. The lowest BCUT2D eigenvalue weighted by Gasteiger charge is -2.40. The lowest BCUT2D eigenvalue weighted by molar-refractivity contribution is -0.137. The van der Waals surface area contributed by atoms with Crippen molar-refractivity contribution in [3.63, 3.8) is 0 Å². The van der Waals surface area contributed by atoms with E-state index < -0.39 is 23.5 Å². The largest absolute Gasteiger partial charge is 0.465 e. The quantitative estimate of drug-likeness (QED) is 0.764. The Hall–Kier alpha value is -3.14. The van der Waals surface area contributed by atoms with E-state index in [-0.39, 0.29) is 18.9 Å². The number of ketones is 1. The number of nitrogens with zero attached hydrogens (tertiary/aromatic N) is 3. The molecule has 1 saturated heterocycles. The van der Waals surface area contributed by atoms with Crippen molar-refractivity contribution in [1.82, 2.24) is 15.2 Å². The number of benzene rings is 1. The molecule has 1 atom stereocenters.